The number of carbonyl (C=O) groups excluding carboxylic acids is 1. The van der Waals surface area contributed by atoms with E-state index in [4.69, 9.17) is 0 Å². The highest BCUT2D eigenvalue weighted by Gasteiger charge is 2.29. The molecule has 6 nitrogen and oxygen atoms in total. The molecule has 0 radical (unpaired) electrons. The monoisotopic (exact) mass is 399 g/mol. The van der Waals surface area contributed by atoms with Gasteiger partial charge in [0, 0.05) is 23.2 Å². The standard InChI is InChI=1S/C19H17N3O3S2/c1-20-27(24,25)15-8-7-14-9-10-22(17(14)11-15)19(23)18-21-16(12-26-18)13-5-3-2-4-6-13/h2-8,11-12,20H,9-10H2,1H3. The van der Waals surface area contributed by atoms with Gasteiger partial charge < -0.3 is 4.90 Å². The van der Waals surface area contributed by atoms with Crippen molar-refractivity contribution in [3.8, 4) is 11.3 Å². The fourth-order valence-corrected chi connectivity index (χ4v) is 4.61. The molecule has 0 spiro atoms. The third kappa shape index (κ3) is 3.27. The van der Waals surface area contributed by atoms with Gasteiger partial charge in [0.05, 0.1) is 10.6 Å². The van der Waals surface area contributed by atoms with E-state index in [1.165, 1.54) is 18.4 Å². The number of fused-ring (bicyclic) bond motifs is 1. The van der Waals surface area contributed by atoms with E-state index in [9.17, 15) is 13.2 Å². The largest absolute Gasteiger partial charge is 0.306 e. The number of aromatic nitrogens is 1. The lowest BCUT2D eigenvalue weighted by Gasteiger charge is -2.16. The van der Waals surface area contributed by atoms with Crippen LogP contribution >= 0.6 is 11.3 Å². The van der Waals surface area contributed by atoms with E-state index in [0.717, 1.165) is 16.8 Å². The second kappa shape index (κ2) is 6.88. The quantitative estimate of drug-likeness (QED) is 0.732. The molecular formula is C19H17N3O3S2. The van der Waals surface area contributed by atoms with E-state index >= 15 is 0 Å². The number of anilines is 1. The number of hydrogen-bond acceptors (Lipinski definition) is 5. The highest BCUT2D eigenvalue weighted by Crippen LogP contribution is 2.32. The lowest BCUT2D eigenvalue weighted by atomic mass is 10.2. The molecule has 1 N–H and O–H groups in total. The Labute approximate surface area is 161 Å². The molecule has 0 atom stereocenters. The van der Waals surface area contributed by atoms with Crippen LogP contribution in [0.5, 0.6) is 0 Å². The average molecular weight is 399 g/mol. The van der Waals surface area contributed by atoms with Crippen LogP contribution in [0.3, 0.4) is 0 Å². The van der Waals surface area contributed by atoms with E-state index in [1.54, 1.807) is 23.1 Å². The Morgan fingerprint density at radius 3 is 2.70 bits per heavy atom. The summed E-state index contributed by atoms with van der Waals surface area (Å²) in [5, 5.41) is 2.25. The topological polar surface area (TPSA) is 79.4 Å². The van der Waals surface area contributed by atoms with Crippen LogP contribution in [-0.2, 0) is 16.4 Å². The minimum atomic E-state index is -3.57. The Morgan fingerprint density at radius 2 is 1.96 bits per heavy atom. The average Bonchev–Trinajstić information content (AvgIpc) is 3.35. The molecule has 138 valence electrons. The van der Waals surface area contributed by atoms with Crippen LogP contribution in [0, 0.1) is 0 Å². The molecule has 8 heteroatoms. The highest BCUT2D eigenvalue weighted by molar-refractivity contribution is 7.89. The molecule has 1 amide bonds. The molecule has 0 unspecified atom stereocenters. The van der Waals surface area contributed by atoms with Crippen molar-refractivity contribution >= 4 is 33.0 Å². The van der Waals surface area contributed by atoms with Gasteiger partial charge in [-0.3, -0.25) is 4.79 Å². The minimum absolute atomic E-state index is 0.146. The third-order valence-corrected chi connectivity index (χ3v) is 6.78. The fraction of sp³-hybridized carbons (Fsp3) is 0.158. The summed E-state index contributed by atoms with van der Waals surface area (Å²) in [5.41, 5.74) is 3.30. The number of nitrogens with zero attached hydrogens (tertiary/aromatic N) is 2. The summed E-state index contributed by atoms with van der Waals surface area (Å²) in [6.07, 6.45) is 0.692. The van der Waals surface area contributed by atoms with E-state index in [0.29, 0.717) is 23.7 Å². The van der Waals surface area contributed by atoms with Gasteiger partial charge in [-0.05, 0) is 31.2 Å². The van der Waals surface area contributed by atoms with Gasteiger partial charge in [-0.1, -0.05) is 36.4 Å². The van der Waals surface area contributed by atoms with Crippen molar-refractivity contribution in [1.29, 1.82) is 0 Å². The Balaban J connectivity index is 1.66. The molecule has 27 heavy (non-hydrogen) atoms. The van der Waals surface area contributed by atoms with Gasteiger partial charge in [-0.25, -0.2) is 18.1 Å². The summed E-state index contributed by atoms with van der Waals surface area (Å²) in [5.74, 6) is -0.208. The van der Waals surface area contributed by atoms with Crippen molar-refractivity contribution in [3.63, 3.8) is 0 Å². The van der Waals surface area contributed by atoms with E-state index < -0.39 is 10.0 Å². The number of rotatable bonds is 4. The van der Waals surface area contributed by atoms with Crippen LogP contribution in [0.4, 0.5) is 5.69 Å². The number of amides is 1. The number of sulfonamides is 1. The molecule has 4 rings (SSSR count). The first-order valence-corrected chi connectivity index (χ1v) is 10.7. The first kappa shape index (κ1) is 17.8. The summed E-state index contributed by atoms with van der Waals surface area (Å²) < 4.78 is 26.5. The molecule has 0 fully saturated rings. The summed E-state index contributed by atoms with van der Waals surface area (Å²) in [6, 6.07) is 14.6. The van der Waals surface area contributed by atoms with Gasteiger partial charge in [0.15, 0.2) is 5.01 Å². The maximum Gasteiger partial charge on any atom is 0.287 e. The molecule has 0 bridgehead atoms. The van der Waals surface area contributed by atoms with Crippen molar-refractivity contribution in [2.75, 3.05) is 18.5 Å². The Morgan fingerprint density at radius 1 is 1.19 bits per heavy atom. The molecule has 0 saturated heterocycles. The molecule has 3 aromatic rings. The second-order valence-corrected chi connectivity index (χ2v) is 8.85. The van der Waals surface area contributed by atoms with Crippen LogP contribution in [-0.4, -0.2) is 32.9 Å². The van der Waals surface area contributed by atoms with Crippen molar-refractivity contribution in [2.45, 2.75) is 11.3 Å². The van der Waals surface area contributed by atoms with Crippen molar-refractivity contribution in [2.24, 2.45) is 0 Å². The fourth-order valence-electron chi connectivity index (χ4n) is 3.08. The maximum absolute atomic E-state index is 13.0. The van der Waals surface area contributed by atoms with E-state index in [2.05, 4.69) is 9.71 Å². The van der Waals surface area contributed by atoms with Gasteiger partial charge in [-0.15, -0.1) is 11.3 Å². The predicted molar refractivity (Wildman–Crippen MR) is 106 cm³/mol. The maximum atomic E-state index is 13.0. The van der Waals surface area contributed by atoms with Crippen LogP contribution in [0.15, 0.2) is 58.8 Å². The molecule has 1 aliphatic rings. The van der Waals surface area contributed by atoms with Crippen LogP contribution < -0.4 is 9.62 Å². The van der Waals surface area contributed by atoms with Gasteiger partial charge >= 0.3 is 0 Å². The summed E-state index contributed by atoms with van der Waals surface area (Å²) in [4.78, 5) is 19.2. The third-order valence-electron chi connectivity index (χ3n) is 4.53. The molecule has 0 saturated carbocycles. The van der Waals surface area contributed by atoms with Gasteiger partial charge in [0.25, 0.3) is 5.91 Å². The van der Waals surface area contributed by atoms with Crippen molar-refractivity contribution in [1.82, 2.24) is 9.71 Å². The SMILES string of the molecule is CNS(=O)(=O)c1ccc2c(c1)N(C(=O)c1nc(-c3ccccc3)cs1)CC2. The number of carbonyl (C=O) groups is 1. The smallest absolute Gasteiger partial charge is 0.287 e. The molecular weight excluding hydrogens is 382 g/mol. The summed E-state index contributed by atoms with van der Waals surface area (Å²) >= 11 is 1.30. The van der Waals surface area contributed by atoms with E-state index in [1.807, 2.05) is 35.7 Å². The zero-order chi connectivity index (χ0) is 19.0. The number of nitrogens with one attached hydrogen (secondary N) is 1. The summed E-state index contributed by atoms with van der Waals surface area (Å²) in [6.45, 7) is 0.511. The van der Waals surface area contributed by atoms with E-state index in [-0.39, 0.29) is 10.8 Å². The lowest BCUT2D eigenvalue weighted by molar-refractivity contribution is 0.0989. The zero-order valence-electron chi connectivity index (χ0n) is 14.5. The zero-order valence-corrected chi connectivity index (χ0v) is 16.2. The number of hydrogen-bond donors (Lipinski definition) is 1. The normalized spacial score (nSPS) is 13.6. The Bertz CT molecular complexity index is 1110. The first-order valence-electron chi connectivity index (χ1n) is 8.39. The molecule has 0 aliphatic carbocycles. The highest BCUT2D eigenvalue weighted by atomic mass is 32.2. The van der Waals surface area contributed by atoms with Gasteiger partial charge in [0.2, 0.25) is 10.0 Å². The van der Waals surface area contributed by atoms with Crippen LogP contribution in [0.1, 0.15) is 15.4 Å². The summed E-state index contributed by atoms with van der Waals surface area (Å²) in [7, 11) is -2.20. The molecule has 2 aromatic carbocycles. The van der Waals surface area contributed by atoms with Crippen molar-refractivity contribution in [3.05, 3.63) is 64.5 Å². The minimum Gasteiger partial charge on any atom is -0.306 e. The van der Waals surface area contributed by atoms with Crippen LogP contribution in [0.25, 0.3) is 11.3 Å². The lowest BCUT2D eigenvalue weighted by Crippen LogP contribution is -2.29. The van der Waals surface area contributed by atoms with Crippen LogP contribution in [0.2, 0.25) is 0 Å². The molecule has 2 heterocycles. The van der Waals surface area contributed by atoms with Gasteiger partial charge in [0.1, 0.15) is 0 Å². The van der Waals surface area contributed by atoms with Gasteiger partial charge in [-0.2, -0.15) is 0 Å². The first-order chi connectivity index (χ1) is 13.0. The molecule has 1 aliphatic heterocycles. The van der Waals surface area contributed by atoms with Crippen molar-refractivity contribution < 1.29 is 13.2 Å². The number of thiazole rings is 1. The second-order valence-electron chi connectivity index (χ2n) is 6.11. The number of benzene rings is 2. The molecule has 1 aromatic heterocycles. The Kier molecular flexibility index (Phi) is 4.55. The Hall–Kier alpha value is -2.55. The predicted octanol–water partition coefficient (Wildman–Crippen LogP) is 2.92.